The Bertz CT molecular complexity index is 1020. The minimum atomic E-state index is -1.03. The van der Waals surface area contributed by atoms with Gasteiger partial charge in [0.15, 0.2) is 0 Å². The zero-order valence-electron chi connectivity index (χ0n) is 17.1. The number of rotatable bonds is 6. The summed E-state index contributed by atoms with van der Waals surface area (Å²) in [5.74, 6) is -0.856. The Kier molecular flexibility index (Phi) is 6.49. The topological polar surface area (TPSA) is 55.4 Å². The summed E-state index contributed by atoms with van der Waals surface area (Å²) < 4.78 is 5.70. The third-order valence-electron chi connectivity index (χ3n) is 4.76. The highest BCUT2D eigenvalue weighted by Gasteiger charge is 2.27. The molecule has 2 aromatic carbocycles. The number of hydrogen-bond donors (Lipinski definition) is 1. The van der Waals surface area contributed by atoms with Crippen molar-refractivity contribution in [1.29, 1.82) is 0 Å². The lowest BCUT2D eigenvalue weighted by molar-refractivity contribution is -0.125. The molecule has 1 aromatic heterocycles. The third-order valence-corrected chi connectivity index (χ3v) is 6.12. The minimum Gasteiger partial charge on any atom is -0.443 e. The Morgan fingerprint density at radius 2 is 1.72 bits per heavy atom. The smallest absolute Gasteiger partial charge is 0.349 e. The molecule has 1 heterocycles. The van der Waals surface area contributed by atoms with E-state index in [2.05, 4.69) is 12.2 Å². The SMILES string of the molecule is CCc1sc(C(=O)O[C@H](C(=O)Nc2cc(C)ccc2C)c2ccccc2)cc1C. The maximum Gasteiger partial charge on any atom is 0.349 e. The molecular formula is C24H25NO3S. The van der Waals surface area contributed by atoms with Crippen LogP contribution in [-0.2, 0) is 16.0 Å². The molecule has 0 saturated carbocycles. The van der Waals surface area contributed by atoms with Crippen LogP contribution in [0, 0.1) is 20.8 Å². The second-order valence-electron chi connectivity index (χ2n) is 7.07. The van der Waals surface area contributed by atoms with Crippen molar-refractivity contribution in [2.75, 3.05) is 5.32 Å². The Hall–Kier alpha value is -2.92. The van der Waals surface area contributed by atoms with Gasteiger partial charge in [-0.1, -0.05) is 49.4 Å². The Balaban J connectivity index is 1.87. The number of aryl methyl sites for hydroxylation is 4. The molecule has 4 nitrogen and oxygen atoms in total. The molecular weight excluding hydrogens is 382 g/mol. The van der Waals surface area contributed by atoms with Crippen LogP contribution in [0.3, 0.4) is 0 Å². The molecule has 150 valence electrons. The average Bonchev–Trinajstić information content (AvgIpc) is 3.10. The molecule has 0 unspecified atom stereocenters. The normalized spacial score (nSPS) is 11.7. The Labute approximate surface area is 175 Å². The van der Waals surface area contributed by atoms with Crippen LogP contribution in [0.15, 0.2) is 54.6 Å². The van der Waals surface area contributed by atoms with Gasteiger partial charge in [-0.2, -0.15) is 0 Å². The summed E-state index contributed by atoms with van der Waals surface area (Å²) in [5.41, 5.74) is 4.41. The summed E-state index contributed by atoms with van der Waals surface area (Å²) in [4.78, 5) is 27.5. The Morgan fingerprint density at radius 3 is 2.38 bits per heavy atom. The largest absolute Gasteiger partial charge is 0.443 e. The van der Waals surface area contributed by atoms with E-state index in [0.29, 0.717) is 16.1 Å². The van der Waals surface area contributed by atoms with Crippen molar-refractivity contribution in [2.45, 2.75) is 40.2 Å². The average molecular weight is 408 g/mol. The highest BCUT2D eigenvalue weighted by Crippen LogP contribution is 2.27. The summed E-state index contributed by atoms with van der Waals surface area (Å²) in [6.45, 7) is 7.93. The van der Waals surface area contributed by atoms with Gasteiger partial charge in [0.05, 0.1) is 0 Å². The molecule has 3 aromatic rings. The molecule has 1 atom stereocenters. The first-order valence-corrected chi connectivity index (χ1v) is 10.4. The van der Waals surface area contributed by atoms with Crippen LogP contribution in [0.4, 0.5) is 5.69 Å². The number of carbonyl (C=O) groups excluding carboxylic acids is 2. The molecule has 1 N–H and O–H groups in total. The predicted octanol–water partition coefficient (Wildman–Crippen LogP) is 5.77. The van der Waals surface area contributed by atoms with Gasteiger partial charge < -0.3 is 10.1 Å². The van der Waals surface area contributed by atoms with E-state index >= 15 is 0 Å². The van der Waals surface area contributed by atoms with Crippen LogP contribution in [-0.4, -0.2) is 11.9 Å². The van der Waals surface area contributed by atoms with Crippen LogP contribution >= 0.6 is 11.3 Å². The van der Waals surface area contributed by atoms with E-state index in [9.17, 15) is 9.59 Å². The summed E-state index contributed by atoms with van der Waals surface area (Å²) in [5, 5.41) is 2.92. The lowest BCUT2D eigenvalue weighted by Gasteiger charge is -2.18. The molecule has 0 fully saturated rings. The number of benzene rings is 2. The van der Waals surface area contributed by atoms with Crippen molar-refractivity contribution in [2.24, 2.45) is 0 Å². The monoisotopic (exact) mass is 407 g/mol. The number of hydrogen-bond acceptors (Lipinski definition) is 4. The lowest BCUT2D eigenvalue weighted by atomic mass is 10.1. The quantitative estimate of drug-likeness (QED) is 0.528. The van der Waals surface area contributed by atoms with E-state index in [1.54, 1.807) is 12.1 Å². The van der Waals surface area contributed by atoms with Crippen molar-refractivity contribution in [3.63, 3.8) is 0 Å². The van der Waals surface area contributed by atoms with Gasteiger partial charge in [0.25, 0.3) is 5.91 Å². The number of esters is 1. The molecule has 0 aliphatic carbocycles. The number of ether oxygens (including phenoxy) is 1. The number of anilines is 1. The van der Waals surface area contributed by atoms with Crippen molar-refractivity contribution < 1.29 is 14.3 Å². The van der Waals surface area contributed by atoms with Gasteiger partial charge in [-0.25, -0.2) is 4.79 Å². The van der Waals surface area contributed by atoms with Gasteiger partial charge in [-0.15, -0.1) is 11.3 Å². The molecule has 0 saturated heterocycles. The fraction of sp³-hybridized carbons (Fsp3) is 0.250. The van der Waals surface area contributed by atoms with E-state index in [0.717, 1.165) is 28.0 Å². The Morgan fingerprint density at radius 1 is 1.00 bits per heavy atom. The van der Waals surface area contributed by atoms with Gasteiger partial charge in [0, 0.05) is 16.1 Å². The molecule has 0 spiro atoms. The summed E-state index contributed by atoms with van der Waals surface area (Å²) >= 11 is 1.42. The van der Waals surface area contributed by atoms with Crippen molar-refractivity contribution in [3.05, 3.63) is 86.6 Å². The van der Waals surface area contributed by atoms with E-state index in [-0.39, 0.29) is 5.91 Å². The van der Waals surface area contributed by atoms with Crippen LogP contribution in [0.5, 0.6) is 0 Å². The maximum atomic E-state index is 13.1. The molecule has 5 heteroatoms. The third kappa shape index (κ3) is 4.93. The first-order valence-electron chi connectivity index (χ1n) is 9.62. The van der Waals surface area contributed by atoms with E-state index < -0.39 is 12.1 Å². The van der Waals surface area contributed by atoms with Gasteiger partial charge in [0.2, 0.25) is 6.10 Å². The summed E-state index contributed by atoms with van der Waals surface area (Å²) in [6.07, 6.45) is -0.171. The van der Waals surface area contributed by atoms with E-state index in [1.165, 1.54) is 11.3 Å². The van der Waals surface area contributed by atoms with Gasteiger partial charge in [-0.3, -0.25) is 4.79 Å². The number of amides is 1. The highest BCUT2D eigenvalue weighted by molar-refractivity contribution is 7.14. The van der Waals surface area contributed by atoms with Crippen LogP contribution in [0.1, 0.15) is 49.8 Å². The van der Waals surface area contributed by atoms with Gasteiger partial charge >= 0.3 is 5.97 Å². The summed E-state index contributed by atoms with van der Waals surface area (Å²) in [7, 11) is 0. The minimum absolute atomic E-state index is 0.373. The van der Waals surface area contributed by atoms with Crippen molar-refractivity contribution in [3.8, 4) is 0 Å². The van der Waals surface area contributed by atoms with Gasteiger partial charge in [-0.05, 0) is 56.0 Å². The number of thiophene rings is 1. The predicted molar refractivity (Wildman–Crippen MR) is 118 cm³/mol. The second-order valence-corrected chi connectivity index (χ2v) is 8.21. The molecule has 3 rings (SSSR count). The molecule has 1 amide bonds. The molecule has 29 heavy (non-hydrogen) atoms. The van der Waals surface area contributed by atoms with Crippen LogP contribution in [0.2, 0.25) is 0 Å². The fourth-order valence-corrected chi connectivity index (χ4v) is 4.10. The molecule has 0 bridgehead atoms. The number of nitrogens with one attached hydrogen (secondary N) is 1. The van der Waals surface area contributed by atoms with E-state index in [1.807, 2.05) is 63.2 Å². The first-order chi connectivity index (χ1) is 13.9. The summed E-state index contributed by atoms with van der Waals surface area (Å²) in [6, 6.07) is 16.8. The molecule has 0 aliphatic heterocycles. The van der Waals surface area contributed by atoms with E-state index in [4.69, 9.17) is 4.74 Å². The lowest BCUT2D eigenvalue weighted by Crippen LogP contribution is -2.26. The van der Waals surface area contributed by atoms with Gasteiger partial charge in [0.1, 0.15) is 4.88 Å². The van der Waals surface area contributed by atoms with Crippen molar-refractivity contribution in [1.82, 2.24) is 0 Å². The second kappa shape index (κ2) is 9.05. The maximum absolute atomic E-state index is 13.1. The van der Waals surface area contributed by atoms with Crippen LogP contribution in [0.25, 0.3) is 0 Å². The zero-order chi connectivity index (χ0) is 21.0. The molecule has 0 aliphatic rings. The van der Waals surface area contributed by atoms with Crippen LogP contribution < -0.4 is 5.32 Å². The standard InChI is InChI=1S/C24H25NO3S/c1-5-20-17(4)14-21(29-20)24(27)28-22(18-9-7-6-8-10-18)23(26)25-19-13-15(2)11-12-16(19)3/h6-14,22H,5H2,1-4H3,(H,25,26)/t22-/m0/s1. The first kappa shape index (κ1) is 20.8. The van der Waals surface area contributed by atoms with Crippen molar-refractivity contribution >= 4 is 28.9 Å². The molecule has 0 radical (unpaired) electrons. The highest BCUT2D eigenvalue weighted by atomic mass is 32.1. The zero-order valence-corrected chi connectivity index (χ0v) is 17.9. The fourth-order valence-electron chi connectivity index (χ4n) is 3.11. The number of carbonyl (C=O) groups is 2.